The normalized spacial score (nSPS) is 10.3. The van der Waals surface area contributed by atoms with Crippen LogP contribution in [-0.2, 0) is 20.0 Å². The van der Waals surface area contributed by atoms with Crippen LogP contribution in [0.4, 0.5) is 10.5 Å². The van der Waals surface area contributed by atoms with E-state index in [1.165, 1.54) is 12.1 Å². The predicted molar refractivity (Wildman–Crippen MR) is 81.8 cm³/mol. The van der Waals surface area contributed by atoms with Gasteiger partial charge in [0.25, 0.3) is 0 Å². The van der Waals surface area contributed by atoms with Crippen LogP contribution in [0.3, 0.4) is 0 Å². The molecule has 1 aromatic carbocycles. The van der Waals surface area contributed by atoms with Gasteiger partial charge in [0.05, 0.1) is 16.9 Å². The van der Waals surface area contributed by atoms with Crippen molar-refractivity contribution in [3.05, 3.63) is 47.3 Å². The van der Waals surface area contributed by atoms with Crippen molar-refractivity contribution in [2.45, 2.75) is 19.9 Å². The smallest absolute Gasteiger partial charge is 0.335 e. The number of carboxylic acids is 1. The number of aryl methyl sites for hydroxylation is 2. The molecule has 0 saturated carbocycles. The van der Waals surface area contributed by atoms with Crippen molar-refractivity contribution >= 4 is 17.7 Å². The topological polar surface area (TPSA) is 96.3 Å². The molecule has 7 heteroatoms. The number of rotatable bonds is 5. The number of carbonyl (C=O) groups excluding carboxylic acids is 1. The van der Waals surface area contributed by atoms with E-state index in [-0.39, 0.29) is 11.6 Å². The number of amides is 2. The van der Waals surface area contributed by atoms with E-state index in [0.717, 1.165) is 17.7 Å². The van der Waals surface area contributed by atoms with Crippen LogP contribution in [-0.4, -0.2) is 26.9 Å². The lowest BCUT2D eigenvalue weighted by Gasteiger charge is -2.07. The highest BCUT2D eigenvalue weighted by atomic mass is 16.4. The molecule has 0 bridgehead atoms. The maximum atomic E-state index is 11.9. The third-order valence-electron chi connectivity index (χ3n) is 3.14. The van der Waals surface area contributed by atoms with Gasteiger partial charge in [-0.1, -0.05) is 19.1 Å². The summed E-state index contributed by atoms with van der Waals surface area (Å²) in [6.45, 7) is 2.28. The van der Waals surface area contributed by atoms with Crippen LogP contribution in [0.5, 0.6) is 0 Å². The lowest BCUT2D eigenvalue weighted by Crippen LogP contribution is -2.28. The molecule has 0 radical (unpaired) electrons. The second kappa shape index (κ2) is 6.75. The first-order chi connectivity index (χ1) is 10.5. The van der Waals surface area contributed by atoms with E-state index >= 15 is 0 Å². The number of urea groups is 1. The van der Waals surface area contributed by atoms with Gasteiger partial charge in [-0.25, -0.2) is 9.59 Å². The van der Waals surface area contributed by atoms with Gasteiger partial charge in [-0.15, -0.1) is 0 Å². The van der Waals surface area contributed by atoms with Gasteiger partial charge in [-0.05, 0) is 24.1 Å². The zero-order chi connectivity index (χ0) is 16.1. The lowest BCUT2D eigenvalue weighted by atomic mass is 10.1. The largest absolute Gasteiger partial charge is 0.478 e. The number of hydrogen-bond acceptors (Lipinski definition) is 3. The summed E-state index contributed by atoms with van der Waals surface area (Å²) in [6, 6.07) is 6.03. The minimum absolute atomic E-state index is 0.219. The molecule has 2 rings (SSSR count). The average Bonchev–Trinajstić information content (AvgIpc) is 2.85. The van der Waals surface area contributed by atoms with Gasteiger partial charge >= 0.3 is 12.0 Å². The summed E-state index contributed by atoms with van der Waals surface area (Å²) in [6.07, 6.45) is 2.48. The van der Waals surface area contributed by atoms with E-state index in [9.17, 15) is 9.59 Å². The van der Waals surface area contributed by atoms with Crippen molar-refractivity contribution in [1.29, 1.82) is 0 Å². The Morgan fingerprint density at radius 1 is 1.27 bits per heavy atom. The second-order valence-electron chi connectivity index (χ2n) is 4.83. The third kappa shape index (κ3) is 3.85. The van der Waals surface area contributed by atoms with Gasteiger partial charge < -0.3 is 15.7 Å². The second-order valence-corrected chi connectivity index (χ2v) is 4.83. The number of carbonyl (C=O) groups is 2. The molecule has 0 saturated heterocycles. The van der Waals surface area contributed by atoms with E-state index in [4.69, 9.17) is 5.11 Å². The Bertz CT molecular complexity index is 677. The summed E-state index contributed by atoms with van der Waals surface area (Å²) in [5.41, 5.74) is 2.55. The molecule has 0 unspecified atom stereocenters. The Morgan fingerprint density at radius 3 is 2.55 bits per heavy atom. The standard InChI is InChI=1S/C15H18N4O3/c1-3-12-13(9-19(2)18-12)17-15(22)16-8-10-4-6-11(7-5-10)14(20)21/h4-7,9H,3,8H2,1-2H3,(H,20,21)(H2,16,17,22). The molecule has 2 aromatic rings. The number of benzene rings is 1. The molecule has 0 aliphatic carbocycles. The molecule has 0 aliphatic rings. The number of aromatic nitrogens is 2. The van der Waals surface area contributed by atoms with E-state index < -0.39 is 5.97 Å². The van der Waals surface area contributed by atoms with Crippen LogP contribution in [0, 0.1) is 0 Å². The van der Waals surface area contributed by atoms with Gasteiger partial charge in [-0.2, -0.15) is 5.10 Å². The Labute approximate surface area is 128 Å². The fraction of sp³-hybridized carbons (Fsp3) is 0.267. The molecule has 2 amide bonds. The first-order valence-electron chi connectivity index (χ1n) is 6.89. The number of carboxylic acid groups (broad SMARTS) is 1. The third-order valence-corrected chi connectivity index (χ3v) is 3.14. The minimum Gasteiger partial charge on any atom is -0.478 e. The Balaban J connectivity index is 1.91. The molecule has 1 aromatic heterocycles. The summed E-state index contributed by atoms with van der Waals surface area (Å²) < 4.78 is 1.65. The van der Waals surface area contributed by atoms with Gasteiger partial charge in [0, 0.05) is 19.8 Å². The molecule has 0 aliphatic heterocycles. The number of hydrogen-bond donors (Lipinski definition) is 3. The Kier molecular flexibility index (Phi) is 4.77. The fourth-order valence-electron chi connectivity index (χ4n) is 2.01. The summed E-state index contributed by atoms with van der Waals surface area (Å²) in [7, 11) is 1.80. The quantitative estimate of drug-likeness (QED) is 0.787. The minimum atomic E-state index is -0.971. The SMILES string of the molecule is CCc1nn(C)cc1NC(=O)NCc1ccc(C(=O)O)cc1. The molecule has 0 fully saturated rings. The monoisotopic (exact) mass is 302 g/mol. The Morgan fingerprint density at radius 2 is 1.95 bits per heavy atom. The lowest BCUT2D eigenvalue weighted by molar-refractivity contribution is 0.0697. The first-order valence-corrected chi connectivity index (χ1v) is 6.89. The zero-order valence-electron chi connectivity index (χ0n) is 12.5. The van der Waals surface area contributed by atoms with Crippen LogP contribution in [0.15, 0.2) is 30.5 Å². The highest BCUT2D eigenvalue weighted by molar-refractivity contribution is 5.89. The maximum absolute atomic E-state index is 11.9. The van der Waals surface area contributed by atoms with Gasteiger partial charge in [0.1, 0.15) is 0 Å². The molecule has 3 N–H and O–H groups in total. The van der Waals surface area contributed by atoms with Crippen LogP contribution in [0.1, 0.15) is 28.5 Å². The van der Waals surface area contributed by atoms with Crippen LogP contribution in [0.2, 0.25) is 0 Å². The van der Waals surface area contributed by atoms with Crippen molar-refractivity contribution < 1.29 is 14.7 Å². The maximum Gasteiger partial charge on any atom is 0.335 e. The van der Waals surface area contributed by atoms with Crippen molar-refractivity contribution in [3.63, 3.8) is 0 Å². The average molecular weight is 302 g/mol. The van der Waals surface area contributed by atoms with E-state index in [0.29, 0.717) is 12.2 Å². The van der Waals surface area contributed by atoms with Crippen molar-refractivity contribution in [1.82, 2.24) is 15.1 Å². The number of nitrogens with one attached hydrogen (secondary N) is 2. The van der Waals surface area contributed by atoms with Crippen molar-refractivity contribution in [2.24, 2.45) is 7.05 Å². The summed E-state index contributed by atoms with van der Waals surface area (Å²) >= 11 is 0. The van der Waals surface area contributed by atoms with Gasteiger partial charge in [0.2, 0.25) is 0 Å². The van der Waals surface area contributed by atoms with E-state index in [2.05, 4.69) is 15.7 Å². The van der Waals surface area contributed by atoms with Gasteiger partial charge in [-0.3, -0.25) is 4.68 Å². The van der Waals surface area contributed by atoms with Crippen molar-refractivity contribution in [3.8, 4) is 0 Å². The van der Waals surface area contributed by atoms with E-state index in [1.807, 2.05) is 6.92 Å². The van der Waals surface area contributed by atoms with Crippen LogP contribution >= 0.6 is 0 Å². The van der Waals surface area contributed by atoms with Gasteiger partial charge in [0.15, 0.2) is 0 Å². The molecule has 0 atom stereocenters. The van der Waals surface area contributed by atoms with Crippen molar-refractivity contribution in [2.75, 3.05) is 5.32 Å². The summed E-state index contributed by atoms with van der Waals surface area (Å²) in [5, 5.41) is 18.5. The van der Waals surface area contributed by atoms with E-state index in [1.54, 1.807) is 30.1 Å². The molecular formula is C15H18N4O3. The number of aromatic carboxylic acids is 1. The first kappa shape index (κ1) is 15.6. The molecule has 116 valence electrons. The molecule has 22 heavy (non-hydrogen) atoms. The Hall–Kier alpha value is -2.83. The zero-order valence-corrected chi connectivity index (χ0v) is 12.5. The number of anilines is 1. The molecule has 1 heterocycles. The van der Waals surface area contributed by atoms with Crippen LogP contribution in [0.25, 0.3) is 0 Å². The fourth-order valence-corrected chi connectivity index (χ4v) is 2.01. The predicted octanol–water partition coefficient (Wildman–Crippen LogP) is 2.00. The summed E-state index contributed by atoms with van der Waals surface area (Å²) in [5.74, 6) is -0.971. The highest BCUT2D eigenvalue weighted by Crippen LogP contribution is 2.13. The van der Waals surface area contributed by atoms with Crippen LogP contribution < -0.4 is 10.6 Å². The molecular weight excluding hydrogens is 284 g/mol. The molecule has 0 spiro atoms. The highest BCUT2D eigenvalue weighted by Gasteiger charge is 2.09. The summed E-state index contributed by atoms with van der Waals surface area (Å²) in [4.78, 5) is 22.6. The number of nitrogens with zero attached hydrogens (tertiary/aromatic N) is 2. The molecule has 7 nitrogen and oxygen atoms in total.